The van der Waals surface area contributed by atoms with Crippen molar-refractivity contribution in [3.63, 3.8) is 0 Å². The summed E-state index contributed by atoms with van der Waals surface area (Å²) in [6.45, 7) is 4.18. The molecule has 17 heavy (non-hydrogen) atoms. The predicted molar refractivity (Wildman–Crippen MR) is 71.6 cm³/mol. The van der Waals surface area contributed by atoms with Gasteiger partial charge in [0.2, 0.25) is 0 Å². The molecule has 0 aliphatic heterocycles. The Morgan fingerprint density at radius 3 is 2.59 bits per heavy atom. The van der Waals surface area contributed by atoms with Crippen molar-refractivity contribution >= 4 is 22.8 Å². The summed E-state index contributed by atoms with van der Waals surface area (Å²) >= 11 is 1.05. The molecule has 0 atom stereocenters. The molecule has 0 aromatic heterocycles. The van der Waals surface area contributed by atoms with E-state index in [1.165, 1.54) is 0 Å². The summed E-state index contributed by atoms with van der Waals surface area (Å²) in [5, 5.41) is 7.28. The molecular weight excluding hydrogens is 234 g/mol. The Labute approximate surface area is 106 Å². The van der Waals surface area contributed by atoms with Gasteiger partial charge in [0, 0.05) is 11.5 Å². The molecule has 0 spiro atoms. The van der Waals surface area contributed by atoms with E-state index in [0.717, 1.165) is 17.3 Å². The van der Waals surface area contributed by atoms with Gasteiger partial charge in [0.25, 0.3) is 0 Å². The van der Waals surface area contributed by atoms with Crippen LogP contribution in [-0.4, -0.2) is 16.8 Å². The summed E-state index contributed by atoms with van der Waals surface area (Å²) in [5.74, 6) is 0.593. The van der Waals surface area contributed by atoms with Gasteiger partial charge in [-0.3, -0.25) is 0 Å². The van der Waals surface area contributed by atoms with Crippen LogP contribution < -0.4 is 0 Å². The topological polar surface area (TPSA) is 50.2 Å². The molecule has 92 valence electrons. The maximum atomic E-state index is 11.4. The fraction of sp³-hybridized carbons (Fsp3) is 0.385. The number of rotatable bonds is 5. The zero-order chi connectivity index (χ0) is 12.7. The van der Waals surface area contributed by atoms with Crippen LogP contribution >= 0.6 is 11.8 Å². The molecule has 0 radical (unpaired) electrons. The Morgan fingerprint density at radius 1 is 1.35 bits per heavy atom. The van der Waals surface area contributed by atoms with Crippen LogP contribution in [0.15, 0.2) is 30.3 Å². The number of carbonyl (C=O) groups is 1. The monoisotopic (exact) mass is 251 g/mol. The first-order valence-electron chi connectivity index (χ1n) is 5.50. The van der Waals surface area contributed by atoms with Crippen LogP contribution in [0.5, 0.6) is 0 Å². The molecule has 0 aliphatic carbocycles. The average molecular weight is 251 g/mol. The summed E-state index contributed by atoms with van der Waals surface area (Å²) in [4.78, 5) is 11.4. The fourth-order valence-corrected chi connectivity index (χ4v) is 1.81. The molecule has 0 bridgehead atoms. The maximum absolute atomic E-state index is 11.4. The third-order valence-corrected chi connectivity index (χ3v) is 3.05. The van der Waals surface area contributed by atoms with Crippen molar-refractivity contribution in [1.29, 1.82) is 5.41 Å². The second kappa shape index (κ2) is 7.12. The molecule has 0 saturated heterocycles. The van der Waals surface area contributed by atoms with Crippen LogP contribution in [0.3, 0.4) is 0 Å². The van der Waals surface area contributed by atoms with Crippen LogP contribution in [0.2, 0.25) is 0 Å². The Morgan fingerprint density at radius 2 is 2.00 bits per heavy atom. The highest BCUT2D eigenvalue weighted by atomic mass is 32.2. The molecule has 0 fully saturated rings. The second-order valence-electron chi connectivity index (χ2n) is 3.99. The van der Waals surface area contributed by atoms with Crippen LogP contribution in [0.1, 0.15) is 19.4 Å². The SMILES string of the molecule is CC(C)C(=N)CSC(=O)OCc1ccccc1. The number of thioether (sulfide) groups is 1. The summed E-state index contributed by atoms with van der Waals surface area (Å²) in [6, 6.07) is 9.56. The summed E-state index contributed by atoms with van der Waals surface area (Å²) < 4.78 is 5.09. The van der Waals surface area contributed by atoms with Crippen LogP contribution in [0.4, 0.5) is 4.79 Å². The lowest BCUT2D eigenvalue weighted by Crippen LogP contribution is -2.11. The first-order chi connectivity index (χ1) is 8.09. The molecule has 0 heterocycles. The lowest BCUT2D eigenvalue weighted by molar-refractivity contribution is 0.169. The quantitative estimate of drug-likeness (QED) is 0.640. The zero-order valence-corrected chi connectivity index (χ0v) is 10.9. The molecular formula is C13H17NO2S. The van der Waals surface area contributed by atoms with Gasteiger partial charge in [-0.05, 0) is 23.2 Å². The largest absolute Gasteiger partial charge is 0.453 e. The van der Waals surface area contributed by atoms with Crippen LogP contribution in [0, 0.1) is 11.3 Å². The van der Waals surface area contributed by atoms with E-state index < -0.39 is 0 Å². The van der Waals surface area contributed by atoms with E-state index in [9.17, 15) is 4.79 Å². The molecule has 0 amide bonds. The van der Waals surface area contributed by atoms with Gasteiger partial charge in [0.15, 0.2) is 0 Å². The van der Waals surface area contributed by atoms with Crippen LogP contribution in [-0.2, 0) is 11.3 Å². The second-order valence-corrected chi connectivity index (χ2v) is 4.90. The van der Waals surface area contributed by atoms with Gasteiger partial charge in [0.05, 0.1) is 0 Å². The minimum Gasteiger partial charge on any atom is -0.453 e. The molecule has 1 aromatic carbocycles. The minimum atomic E-state index is -0.320. The van der Waals surface area contributed by atoms with Crippen molar-refractivity contribution in [2.75, 3.05) is 5.75 Å². The van der Waals surface area contributed by atoms with Crippen molar-refractivity contribution in [3.05, 3.63) is 35.9 Å². The minimum absolute atomic E-state index is 0.185. The Balaban J connectivity index is 2.24. The third kappa shape index (κ3) is 5.54. The molecule has 4 heteroatoms. The van der Waals surface area contributed by atoms with Gasteiger partial charge in [-0.25, -0.2) is 4.79 Å². The van der Waals surface area contributed by atoms with Crippen molar-refractivity contribution in [2.24, 2.45) is 5.92 Å². The molecule has 0 aliphatic rings. The van der Waals surface area contributed by atoms with E-state index >= 15 is 0 Å². The van der Waals surface area contributed by atoms with E-state index in [4.69, 9.17) is 10.1 Å². The molecule has 1 N–H and O–H groups in total. The van der Waals surface area contributed by atoms with Gasteiger partial charge < -0.3 is 10.1 Å². The highest BCUT2D eigenvalue weighted by Gasteiger charge is 2.08. The lowest BCUT2D eigenvalue weighted by Gasteiger charge is -2.07. The molecule has 3 nitrogen and oxygen atoms in total. The number of carbonyl (C=O) groups excluding carboxylic acids is 1. The highest BCUT2D eigenvalue weighted by Crippen LogP contribution is 2.11. The molecule has 0 saturated carbocycles. The average Bonchev–Trinajstić information content (AvgIpc) is 2.34. The zero-order valence-electron chi connectivity index (χ0n) is 10.1. The highest BCUT2D eigenvalue weighted by molar-refractivity contribution is 8.13. The Kier molecular flexibility index (Phi) is 5.77. The van der Waals surface area contributed by atoms with Gasteiger partial charge >= 0.3 is 5.30 Å². The van der Waals surface area contributed by atoms with Gasteiger partial charge in [-0.1, -0.05) is 44.2 Å². The van der Waals surface area contributed by atoms with E-state index in [-0.39, 0.29) is 11.2 Å². The number of nitrogens with one attached hydrogen (secondary N) is 1. The van der Waals surface area contributed by atoms with Gasteiger partial charge in [-0.2, -0.15) is 0 Å². The lowest BCUT2D eigenvalue weighted by atomic mass is 10.1. The summed E-state index contributed by atoms with van der Waals surface area (Å²) in [7, 11) is 0. The van der Waals surface area contributed by atoms with E-state index in [0.29, 0.717) is 18.1 Å². The van der Waals surface area contributed by atoms with Crippen LogP contribution in [0.25, 0.3) is 0 Å². The predicted octanol–water partition coefficient (Wildman–Crippen LogP) is 3.73. The standard InChI is InChI=1S/C13H17NO2S/c1-10(2)12(14)9-17-13(15)16-8-11-6-4-3-5-7-11/h3-7,10,14H,8-9H2,1-2H3. The third-order valence-electron chi connectivity index (χ3n) is 2.24. The van der Waals surface area contributed by atoms with Crippen molar-refractivity contribution < 1.29 is 9.53 Å². The number of ether oxygens (including phenoxy) is 1. The van der Waals surface area contributed by atoms with Gasteiger partial charge in [-0.15, -0.1) is 0 Å². The first kappa shape index (κ1) is 13.8. The van der Waals surface area contributed by atoms with Crippen molar-refractivity contribution in [1.82, 2.24) is 0 Å². The Bertz CT molecular complexity index is 376. The van der Waals surface area contributed by atoms with Crippen molar-refractivity contribution in [3.8, 4) is 0 Å². The smallest absolute Gasteiger partial charge is 0.368 e. The number of benzene rings is 1. The Hall–Kier alpha value is -1.29. The first-order valence-corrected chi connectivity index (χ1v) is 6.49. The normalized spacial score (nSPS) is 10.3. The molecule has 1 rings (SSSR count). The summed E-state index contributed by atoms with van der Waals surface area (Å²) in [5.41, 5.74) is 1.53. The van der Waals surface area contributed by atoms with E-state index in [2.05, 4.69) is 0 Å². The van der Waals surface area contributed by atoms with Crippen molar-refractivity contribution in [2.45, 2.75) is 20.5 Å². The molecule has 0 unspecified atom stereocenters. The fourth-order valence-electron chi connectivity index (χ4n) is 1.06. The summed E-state index contributed by atoms with van der Waals surface area (Å²) in [6.07, 6.45) is 0. The van der Waals surface area contributed by atoms with E-state index in [1.54, 1.807) is 0 Å². The number of hydrogen-bond donors (Lipinski definition) is 1. The molecule has 1 aromatic rings. The number of hydrogen-bond acceptors (Lipinski definition) is 4. The van der Waals surface area contributed by atoms with E-state index in [1.807, 2.05) is 44.2 Å². The van der Waals surface area contributed by atoms with Gasteiger partial charge in [0.1, 0.15) is 6.61 Å². The maximum Gasteiger partial charge on any atom is 0.368 e.